The predicted octanol–water partition coefficient (Wildman–Crippen LogP) is 1.88. The molecule has 5 rings (SSSR count). The van der Waals surface area contributed by atoms with Crippen LogP contribution in [0.1, 0.15) is 18.5 Å². The first-order valence-electron chi connectivity index (χ1n) is 11.6. The molecule has 0 unspecified atom stereocenters. The molecule has 0 bridgehead atoms. The Bertz CT molecular complexity index is 1340. The topological polar surface area (TPSA) is 123 Å². The lowest BCUT2D eigenvalue weighted by molar-refractivity contribution is 0.0845. The molecule has 2 aliphatic heterocycles. The SMILES string of the molecule is O=C(O)N(Cc1cc2c(nn1)OCCO2)C1CCN(CCn2c(=O)cnc3cc(F)c(F)cc32)CC1. The Hall–Kier alpha value is -3.87. The van der Waals surface area contributed by atoms with Crippen molar-refractivity contribution in [3.8, 4) is 11.6 Å². The molecular formula is C23H24F2N6O5. The lowest BCUT2D eigenvalue weighted by Crippen LogP contribution is -2.47. The second kappa shape index (κ2) is 10.0. The minimum absolute atomic E-state index is 0.0736. The van der Waals surface area contributed by atoms with Crippen molar-refractivity contribution in [1.82, 2.24) is 29.5 Å². The van der Waals surface area contributed by atoms with Crippen LogP contribution in [0.15, 0.2) is 29.2 Å². The maximum Gasteiger partial charge on any atom is 0.407 e. The van der Waals surface area contributed by atoms with Gasteiger partial charge in [-0.25, -0.2) is 18.6 Å². The van der Waals surface area contributed by atoms with Crippen LogP contribution in [0.5, 0.6) is 11.6 Å². The predicted molar refractivity (Wildman–Crippen MR) is 122 cm³/mol. The Labute approximate surface area is 203 Å². The molecule has 13 heteroatoms. The number of fused-ring (bicyclic) bond motifs is 2. The fourth-order valence-electron chi connectivity index (χ4n) is 4.58. The quantitative estimate of drug-likeness (QED) is 0.538. The van der Waals surface area contributed by atoms with Gasteiger partial charge >= 0.3 is 6.09 Å². The Kier molecular flexibility index (Phi) is 6.63. The highest BCUT2D eigenvalue weighted by Crippen LogP contribution is 2.28. The van der Waals surface area contributed by atoms with Gasteiger partial charge in [0, 0.05) is 50.4 Å². The van der Waals surface area contributed by atoms with E-state index in [2.05, 4.69) is 20.1 Å². The zero-order chi connectivity index (χ0) is 25.2. The van der Waals surface area contributed by atoms with E-state index in [9.17, 15) is 23.5 Å². The summed E-state index contributed by atoms with van der Waals surface area (Å²) in [4.78, 5) is 31.7. The molecule has 1 N–H and O–H groups in total. The molecule has 11 nitrogen and oxygen atoms in total. The number of benzene rings is 1. The number of hydrogen-bond donors (Lipinski definition) is 1. The largest absolute Gasteiger partial charge is 0.484 e. The highest BCUT2D eigenvalue weighted by atomic mass is 19.2. The molecule has 1 saturated heterocycles. The van der Waals surface area contributed by atoms with Crippen LogP contribution in [0.2, 0.25) is 0 Å². The van der Waals surface area contributed by atoms with Crippen molar-refractivity contribution in [1.29, 1.82) is 0 Å². The van der Waals surface area contributed by atoms with Gasteiger partial charge in [-0.1, -0.05) is 0 Å². The highest BCUT2D eigenvalue weighted by molar-refractivity contribution is 5.74. The van der Waals surface area contributed by atoms with Crippen LogP contribution < -0.4 is 15.0 Å². The summed E-state index contributed by atoms with van der Waals surface area (Å²) in [6.07, 6.45) is 1.23. The average molecular weight is 502 g/mol. The third-order valence-electron chi connectivity index (χ3n) is 6.46. The van der Waals surface area contributed by atoms with Gasteiger partial charge in [0.15, 0.2) is 17.4 Å². The second-order valence-electron chi connectivity index (χ2n) is 8.69. The third kappa shape index (κ3) is 4.91. The number of halogens is 2. The van der Waals surface area contributed by atoms with Gasteiger partial charge in [-0.05, 0) is 12.8 Å². The number of rotatable bonds is 6. The van der Waals surface area contributed by atoms with Gasteiger partial charge in [-0.3, -0.25) is 9.69 Å². The van der Waals surface area contributed by atoms with Crippen LogP contribution >= 0.6 is 0 Å². The zero-order valence-electron chi connectivity index (χ0n) is 19.3. The maximum absolute atomic E-state index is 13.8. The van der Waals surface area contributed by atoms with Crippen LogP contribution in [0, 0.1) is 11.6 Å². The summed E-state index contributed by atoms with van der Waals surface area (Å²) in [5.41, 5.74) is 0.498. The summed E-state index contributed by atoms with van der Waals surface area (Å²) in [6.45, 7) is 2.84. The van der Waals surface area contributed by atoms with Crippen LogP contribution in [0.4, 0.5) is 13.6 Å². The monoisotopic (exact) mass is 502 g/mol. The first-order chi connectivity index (χ1) is 17.4. The van der Waals surface area contributed by atoms with Crippen molar-refractivity contribution in [2.75, 3.05) is 32.8 Å². The maximum atomic E-state index is 13.8. The van der Waals surface area contributed by atoms with Crippen LogP contribution in [-0.4, -0.2) is 79.6 Å². The van der Waals surface area contributed by atoms with Crippen molar-refractivity contribution >= 4 is 17.1 Å². The number of amides is 1. The lowest BCUT2D eigenvalue weighted by Gasteiger charge is -2.37. The first-order valence-corrected chi connectivity index (χ1v) is 11.6. The molecule has 2 aromatic heterocycles. The van der Waals surface area contributed by atoms with Gasteiger partial charge in [-0.2, -0.15) is 0 Å². The van der Waals surface area contributed by atoms with E-state index in [1.165, 1.54) is 9.47 Å². The van der Waals surface area contributed by atoms with E-state index in [-0.39, 0.29) is 30.2 Å². The molecule has 0 spiro atoms. The number of piperidine rings is 1. The minimum Gasteiger partial charge on any atom is -0.484 e. The summed E-state index contributed by atoms with van der Waals surface area (Å²) >= 11 is 0. The summed E-state index contributed by atoms with van der Waals surface area (Å²) in [6, 6.07) is 3.39. The Morgan fingerprint density at radius 2 is 1.83 bits per heavy atom. The van der Waals surface area contributed by atoms with E-state index < -0.39 is 23.3 Å². The number of nitrogens with zero attached hydrogens (tertiary/aromatic N) is 6. The van der Waals surface area contributed by atoms with Crippen LogP contribution in [0.25, 0.3) is 11.0 Å². The van der Waals surface area contributed by atoms with E-state index in [0.29, 0.717) is 63.0 Å². The Morgan fingerprint density at radius 1 is 1.08 bits per heavy atom. The highest BCUT2D eigenvalue weighted by Gasteiger charge is 2.29. The first kappa shape index (κ1) is 23.9. The van der Waals surface area contributed by atoms with E-state index in [4.69, 9.17) is 9.47 Å². The number of likely N-dealkylation sites (tertiary alicyclic amines) is 1. The molecule has 4 heterocycles. The smallest absolute Gasteiger partial charge is 0.407 e. The van der Waals surface area contributed by atoms with Gasteiger partial charge in [0.1, 0.15) is 13.2 Å². The third-order valence-corrected chi connectivity index (χ3v) is 6.46. The molecule has 0 atom stereocenters. The van der Waals surface area contributed by atoms with Crippen molar-refractivity contribution in [2.24, 2.45) is 0 Å². The molecule has 3 aromatic rings. The molecule has 190 valence electrons. The number of ether oxygens (including phenoxy) is 2. The van der Waals surface area contributed by atoms with Gasteiger partial charge in [0.25, 0.3) is 11.4 Å². The number of carboxylic acid groups (broad SMARTS) is 1. The molecular weight excluding hydrogens is 478 g/mol. The molecule has 1 amide bonds. The second-order valence-corrected chi connectivity index (χ2v) is 8.69. The summed E-state index contributed by atoms with van der Waals surface area (Å²) < 4.78 is 39.6. The number of hydrogen-bond acceptors (Lipinski definition) is 8. The summed E-state index contributed by atoms with van der Waals surface area (Å²) in [5, 5.41) is 17.9. The molecule has 36 heavy (non-hydrogen) atoms. The summed E-state index contributed by atoms with van der Waals surface area (Å²) in [5.74, 6) is -1.31. The normalized spacial score (nSPS) is 16.3. The van der Waals surface area contributed by atoms with Crippen molar-refractivity contribution < 1.29 is 28.2 Å². The average Bonchev–Trinajstić information content (AvgIpc) is 2.88. The molecule has 0 aliphatic carbocycles. The van der Waals surface area contributed by atoms with E-state index in [0.717, 1.165) is 18.3 Å². The van der Waals surface area contributed by atoms with Gasteiger partial charge < -0.3 is 24.0 Å². The van der Waals surface area contributed by atoms with Crippen molar-refractivity contribution in [2.45, 2.75) is 32.0 Å². The number of carbonyl (C=O) groups is 1. The zero-order valence-corrected chi connectivity index (χ0v) is 19.3. The molecule has 1 fully saturated rings. The molecule has 0 saturated carbocycles. The Balaban J connectivity index is 1.21. The Morgan fingerprint density at radius 3 is 2.61 bits per heavy atom. The summed E-state index contributed by atoms with van der Waals surface area (Å²) in [7, 11) is 0. The van der Waals surface area contributed by atoms with E-state index in [1.807, 2.05) is 0 Å². The standard InChI is InChI=1S/C23H24F2N6O5/c24-16-10-18-19(11-17(16)25)30(21(32)12-26-18)6-5-29-3-1-15(2-4-29)31(23(33)34)13-14-9-20-22(28-27-14)36-8-7-35-20/h9-12,15H,1-8,13H2,(H,33,34). The van der Waals surface area contributed by atoms with E-state index in [1.54, 1.807) is 6.07 Å². The molecule has 0 radical (unpaired) electrons. The minimum atomic E-state index is -1.05. The molecule has 1 aromatic carbocycles. The van der Waals surface area contributed by atoms with Gasteiger partial charge in [0.05, 0.1) is 29.5 Å². The van der Waals surface area contributed by atoms with Gasteiger partial charge in [-0.15, -0.1) is 10.2 Å². The van der Waals surface area contributed by atoms with Crippen molar-refractivity contribution in [3.63, 3.8) is 0 Å². The fraction of sp³-hybridized carbons (Fsp3) is 0.435. The van der Waals surface area contributed by atoms with Gasteiger partial charge in [0.2, 0.25) is 0 Å². The van der Waals surface area contributed by atoms with Crippen LogP contribution in [0.3, 0.4) is 0 Å². The van der Waals surface area contributed by atoms with Crippen molar-refractivity contribution in [3.05, 3.63) is 52.1 Å². The molecule has 2 aliphatic rings. The number of aromatic nitrogens is 4. The van der Waals surface area contributed by atoms with Crippen LogP contribution in [-0.2, 0) is 13.1 Å². The van der Waals surface area contributed by atoms with E-state index >= 15 is 0 Å². The fourth-order valence-corrected chi connectivity index (χ4v) is 4.58. The lowest BCUT2D eigenvalue weighted by atomic mass is 10.0.